The molecule has 0 aliphatic rings. The van der Waals surface area contributed by atoms with Crippen molar-refractivity contribution in [2.75, 3.05) is 12.3 Å². The molecule has 0 saturated heterocycles. The molecule has 0 saturated carbocycles. The highest BCUT2D eigenvalue weighted by Gasteiger charge is 2.09. The van der Waals surface area contributed by atoms with Crippen LogP contribution in [0.15, 0.2) is 18.2 Å². The Balaban J connectivity index is 2.52. The monoisotopic (exact) mass is 255 g/mol. The van der Waals surface area contributed by atoms with Gasteiger partial charge < -0.3 is 16.8 Å². The van der Waals surface area contributed by atoms with Crippen LogP contribution in [-0.4, -0.2) is 18.4 Å². The number of primary amides is 1. The summed E-state index contributed by atoms with van der Waals surface area (Å²) in [5.41, 5.74) is 11.3. The molecule has 0 fully saturated rings. The van der Waals surface area contributed by atoms with Gasteiger partial charge in [0.2, 0.25) is 5.91 Å². The Morgan fingerprint density at radius 2 is 2.06 bits per heavy atom. The average Bonchev–Trinajstić information content (AvgIpc) is 2.27. The molecular weight excluding hydrogens is 242 g/mol. The molecule has 0 aromatic heterocycles. The molecule has 0 aliphatic carbocycles. The normalized spacial score (nSPS) is 9.94. The molecule has 92 valence electrons. The molecule has 0 spiro atoms. The number of hydrogen-bond donors (Lipinski definition) is 3. The van der Waals surface area contributed by atoms with E-state index in [0.29, 0.717) is 29.2 Å². The zero-order chi connectivity index (χ0) is 12.8. The Labute approximate surface area is 104 Å². The summed E-state index contributed by atoms with van der Waals surface area (Å²) >= 11 is 5.77. The van der Waals surface area contributed by atoms with Gasteiger partial charge in [-0.15, -0.1) is 0 Å². The Hall–Kier alpha value is -1.75. The quantitative estimate of drug-likeness (QED) is 0.539. The first-order valence-corrected chi connectivity index (χ1v) is 5.50. The van der Waals surface area contributed by atoms with E-state index in [4.69, 9.17) is 23.1 Å². The van der Waals surface area contributed by atoms with E-state index in [0.717, 1.165) is 0 Å². The summed E-state index contributed by atoms with van der Waals surface area (Å²) in [6.45, 7) is 0.369. The van der Waals surface area contributed by atoms with Crippen LogP contribution in [0.1, 0.15) is 23.2 Å². The third kappa shape index (κ3) is 4.32. The summed E-state index contributed by atoms with van der Waals surface area (Å²) in [4.78, 5) is 22.2. The van der Waals surface area contributed by atoms with Gasteiger partial charge in [0.15, 0.2) is 0 Å². The van der Waals surface area contributed by atoms with Gasteiger partial charge in [-0.1, -0.05) is 11.6 Å². The van der Waals surface area contributed by atoms with E-state index in [1.807, 2.05) is 0 Å². The molecule has 0 heterocycles. The zero-order valence-corrected chi connectivity index (χ0v) is 9.96. The Kier molecular flexibility index (Phi) is 4.78. The zero-order valence-electron chi connectivity index (χ0n) is 9.20. The van der Waals surface area contributed by atoms with E-state index in [1.54, 1.807) is 12.1 Å². The highest BCUT2D eigenvalue weighted by Crippen LogP contribution is 2.17. The predicted octanol–water partition coefficient (Wildman–Crippen LogP) is 0.917. The first-order valence-electron chi connectivity index (χ1n) is 5.12. The largest absolute Gasteiger partial charge is 0.398 e. The number of nitrogen functional groups attached to an aromatic ring is 1. The van der Waals surface area contributed by atoms with Crippen LogP contribution in [0.25, 0.3) is 0 Å². The molecular formula is C11H14ClN3O2. The van der Waals surface area contributed by atoms with Gasteiger partial charge in [-0.05, 0) is 24.6 Å². The number of anilines is 1. The van der Waals surface area contributed by atoms with Gasteiger partial charge in [-0.2, -0.15) is 0 Å². The van der Waals surface area contributed by atoms with Crippen molar-refractivity contribution in [1.82, 2.24) is 5.32 Å². The second-order valence-corrected chi connectivity index (χ2v) is 3.99. The van der Waals surface area contributed by atoms with Crippen molar-refractivity contribution in [2.45, 2.75) is 12.8 Å². The fourth-order valence-electron chi connectivity index (χ4n) is 1.28. The van der Waals surface area contributed by atoms with Gasteiger partial charge in [-0.3, -0.25) is 9.59 Å². The van der Waals surface area contributed by atoms with Crippen molar-refractivity contribution in [3.8, 4) is 0 Å². The third-order valence-electron chi connectivity index (χ3n) is 2.15. The van der Waals surface area contributed by atoms with E-state index in [-0.39, 0.29) is 18.2 Å². The van der Waals surface area contributed by atoms with Crippen molar-refractivity contribution in [3.63, 3.8) is 0 Å². The van der Waals surface area contributed by atoms with Gasteiger partial charge in [0.1, 0.15) is 0 Å². The van der Waals surface area contributed by atoms with E-state index in [1.165, 1.54) is 6.07 Å². The van der Waals surface area contributed by atoms with Crippen LogP contribution in [0.4, 0.5) is 5.69 Å². The van der Waals surface area contributed by atoms with E-state index < -0.39 is 0 Å². The van der Waals surface area contributed by atoms with Crippen LogP contribution in [-0.2, 0) is 4.79 Å². The lowest BCUT2D eigenvalue weighted by Crippen LogP contribution is -2.26. The van der Waals surface area contributed by atoms with Crippen LogP contribution in [0.5, 0.6) is 0 Å². The van der Waals surface area contributed by atoms with Crippen molar-refractivity contribution < 1.29 is 9.59 Å². The molecule has 17 heavy (non-hydrogen) atoms. The fourth-order valence-corrected chi connectivity index (χ4v) is 1.46. The SMILES string of the molecule is NC(=O)CCCNC(=O)c1cc(Cl)ccc1N. The Morgan fingerprint density at radius 1 is 1.35 bits per heavy atom. The van der Waals surface area contributed by atoms with Crippen molar-refractivity contribution in [3.05, 3.63) is 28.8 Å². The summed E-state index contributed by atoms with van der Waals surface area (Å²) in [6.07, 6.45) is 0.743. The van der Waals surface area contributed by atoms with E-state index >= 15 is 0 Å². The fraction of sp³-hybridized carbons (Fsp3) is 0.273. The Bertz CT molecular complexity index is 435. The van der Waals surface area contributed by atoms with E-state index in [9.17, 15) is 9.59 Å². The lowest BCUT2D eigenvalue weighted by molar-refractivity contribution is -0.118. The van der Waals surface area contributed by atoms with Gasteiger partial charge >= 0.3 is 0 Å². The number of amides is 2. The maximum atomic E-state index is 11.7. The van der Waals surface area contributed by atoms with Gasteiger partial charge in [0.05, 0.1) is 5.56 Å². The maximum Gasteiger partial charge on any atom is 0.253 e. The Morgan fingerprint density at radius 3 is 2.71 bits per heavy atom. The van der Waals surface area contributed by atoms with Crippen LogP contribution in [0, 0.1) is 0 Å². The van der Waals surface area contributed by atoms with Crippen molar-refractivity contribution >= 4 is 29.1 Å². The minimum absolute atomic E-state index is 0.241. The molecule has 6 heteroatoms. The lowest BCUT2D eigenvalue weighted by Gasteiger charge is -2.07. The number of carbonyl (C=O) groups excluding carboxylic acids is 2. The van der Waals surface area contributed by atoms with Gasteiger partial charge in [-0.25, -0.2) is 0 Å². The number of rotatable bonds is 5. The standard InChI is InChI=1S/C11H14ClN3O2/c12-7-3-4-9(13)8(6-7)11(17)15-5-1-2-10(14)16/h3-4,6H,1-2,5,13H2,(H2,14,16)(H,15,17). The highest BCUT2D eigenvalue weighted by molar-refractivity contribution is 6.31. The number of hydrogen-bond acceptors (Lipinski definition) is 3. The number of carbonyl (C=O) groups is 2. The maximum absolute atomic E-state index is 11.7. The molecule has 1 aromatic carbocycles. The topological polar surface area (TPSA) is 98.2 Å². The van der Waals surface area contributed by atoms with E-state index in [2.05, 4.69) is 5.32 Å². The summed E-state index contributed by atoms with van der Waals surface area (Å²) < 4.78 is 0. The molecule has 1 rings (SSSR count). The molecule has 2 amide bonds. The average molecular weight is 256 g/mol. The summed E-state index contributed by atoms with van der Waals surface area (Å²) in [6, 6.07) is 4.68. The smallest absolute Gasteiger partial charge is 0.253 e. The van der Waals surface area contributed by atoms with Gasteiger partial charge in [0, 0.05) is 23.7 Å². The highest BCUT2D eigenvalue weighted by atomic mass is 35.5. The van der Waals surface area contributed by atoms with Crippen molar-refractivity contribution in [1.29, 1.82) is 0 Å². The third-order valence-corrected chi connectivity index (χ3v) is 2.38. The molecule has 0 unspecified atom stereocenters. The van der Waals surface area contributed by atoms with Crippen LogP contribution in [0.3, 0.4) is 0 Å². The summed E-state index contributed by atoms with van der Waals surface area (Å²) in [7, 11) is 0. The number of nitrogens with two attached hydrogens (primary N) is 2. The lowest BCUT2D eigenvalue weighted by atomic mass is 10.1. The molecule has 5 nitrogen and oxygen atoms in total. The van der Waals surface area contributed by atoms with Crippen LogP contribution < -0.4 is 16.8 Å². The second kappa shape index (κ2) is 6.10. The first kappa shape index (κ1) is 13.3. The van der Waals surface area contributed by atoms with Gasteiger partial charge in [0.25, 0.3) is 5.91 Å². The molecule has 1 aromatic rings. The minimum atomic E-state index is -0.387. The van der Waals surface area contributed by atoms with Crippen molar-refractivity contribution in [2.24, 2.45) is 5.73 Å². The number of halogens is 1. The molecule has 0 bridgehead atoms. The predicted molar refractivity (Wildman–Crippen MR) is 66.6 cm³/mol. The van der Waals surface area contributed by atoms with Crippen LogP contribution in [0.2, 0.25) is 5.02 Å². The summed E-state index contributed by atoms with van der Waals surface area (Å²) in [5.74, 6) is -0.698. The summed E-state index contributed by atoms with van der Waals surface area (Å²) in [5, 5.41) is 3.08. The first-order chi connectivity index (χ1) is 8.00. The number of nitrogens with one attached hydrogen (secondary N) is 1. The second-order valence-electron chi connectivity index (χ2n) is 3.56. The number of benzene rings is 1. The molecule has 0 atom stereocenters. The molecule has 0 radical (unpaired) electrons. The molecule has 0 aliphatic heterocycles. The minimum Gasteiger partial charge on any atom is -0.398 e. The molecule has 5 N–H and O–H groups in total. The van der Waals surface area contributed by atoms with Crippen LogP contribution >= 0.6 is 11.6 Å².